The van der Waals surface area contributed by atoms with Crippen LogP contribution >= 0.6 is 0 Å². The summed E-state index contributed by atoms with van der Waals surface area (Å²) in [5.74, 6) is -3.05. The van der Waals surface area contributed by atoms with Crippen molar-refractivity contribution in [3.05, 3.63) is 57.6 Å². The molecule has 5 N–H and O–H groups in total. The Morgan fingerprint density at radius 2 is 1.67 bits per heavy atom. The zero-order chi connectivity index (χ0) is 24.1. The van der Waals surface area contributed by atoms with Crippen molar-refractivity contribution in [1.82, 2.24) is 10.2 Å². The van der Waals surface area contributed by atoms with E-state index >= 15 is 0 Å². The Bertz CT molecular complexity index is 1170. The number of carbonyl (C=O) groups is 3. The minimum absolute atomic E-state index is 0.00434. The van der Waals surface area contributed by atoms with Crippen LogP contribution in [0.25, 0.3) is 0 Å². The highest BCUT2D eigenvalue weighted by molar-refractivity contribution is 6.30. The van der Waals surface area contributed by atoms with E-state index in [0.717, 1.165) is 0 Å². The lowest BCUT2D eigenvalue weighted by atomic mass is 9.71. The minimum Gasteiger partial charge on any atom is -0.507 e. The van der Waals surface area contributed by atoms with Crippen LogP contribution in [0.5, 0.6) is 11.5 Å². The van der Waals surface area contributed by atoms with Gasteiger partial charge in [-0.3, -0.25) is 14.4 Å². The monoisotopic (exact) mass is 454 g/mol. The van der Waals surface area contributed by atoms with Gasteiger partial charge in [-0.25, -0.2) is 0 Å². The van der Waals surface area contributed by atoms with Crippen LogP contribution < -0.4 is 5.32 Å². The molecule has 0 radical (unpaired) electrons. The van der Waals surface area contributed by atoms with E-state index < -0.39 is 53.5 Å². The number of carbonyl (C=O) groups excluding carboxylic acids is 3. The summed E-state index contributed by atoms with van der Waals surface area (Å²) in [5.41, 5.74) is -2.25. The Labute approximate surface area is 190 Å². The van der Waals surface area contributed by atoms with E-state index in [1.807, 2.05) is 19.0 Å². The fraction of sp³-hybridized carbons (Fsp3) is 0.375. The summed E-state index contributed by atoms with van der Waals surface area (Å²) >= 11 is 0. The number of aromatic hydroxyl groups is 2. The van der Waals surface area contributed by atoms with Gasteiger partial charge in [-0.2, -0.15) is 0 Å². The molecule has 0 heterocycles. The Kier molecular flexibility index (Phi) is 5.83. The smallest absolute Gasteiger partial charge is 0.198 e. The van der Waals surface area contributed by atoms with Gasteiger partial charge in [0, 0.05) is 54.2 Å². The van der Waals surface area contributed by atoms with Crippen LogP contribution in [0.3, 0.4) is 0 Å². The molecule has 2 aliphatic carbocycles. The van der Waals surface area contributed by atoms with E-state index in [9.17, 15) is 34.8 Å². The van der Waals surface area contributed by atoms with Gasteiger partial charge in [0.25, 0.3) is 0 Å². The minimum atomic E-state index is -2.02. The number of nitrogens with zero attached hydrogens (tertiary/aromatic N) is 1. The van der Waals surface area contributed by atoms with Crippen molar-refractivity contribution in [2.24, 2.45) is 0 Å². The fourth-order valence-corrected chi connectivity index (χ4v) is 4.74. The highest BCUT2D eigenvalue weighted by Gasteiger charge is 2.48. The maximum atomic E-state index is 13.2. The maximum Gasteiger partial charge on any atom is 0.198 e. The van der Waals surface area contributed by atoms with Gasteiger partial charge >= 0.3 is 0 Å². The molecular weight excluding hydrogens is 428 g/mol. The molecule has 9 nitrogen and oxygen atoms in total. The fourth-order valence-electron chi connectivity index (χ4n) is 4.74. The van der Waals surface area contributed by atoms with E-state index in [2.05, 4.69) is 5.32 Å². The molecule has 0 spiro atoms. The van der Waals surface area contributed by atoms with Crippen molar-refractivity contribution in [3.63, 3.8) is 0 Å². The number of ketones is 3. The molecule has 2 aliphatic rings. The van der Waals surface area contributed by atoms with Gasteiger partial charge in [-0.1, -0.05) is 24.3 Å². The Hall–Kier alpha value is -3.11. The average Bonchev–Trinajstić information content (AvgIpc) is 2.78. The van der Waals surface area contributed by atoms with Crippen LogP contribution in [-0.2, 0) is 11.2 Å². The molecule has 33 heavy (non-hydrogen) atoms. The molecule has 2 aromatic carbocycles. The SMILES string of the molecule is CN(C)CCN[C@H]1C[C@](O)(C(=O)CO)Cc2c(O)c3c(c(O)c21)C(=O)c1ccccc1C3=O. The van der Waals surface area contributed by atoms with E-state index in [1.54, 1.807) is 12.1 Å². The first-order valence-corrected chi connectivity index (χ1v) is 10.6. The first-order chi connectivity index (χ1) is 15.6. The van der Waals surface area contributed by atoms with Crippen molar-refractivity contribution in [2.45, 2.75) is 24.5 Å². The van der Waals surface area contributed by atoms with Gasteiger partial charge < -0.3 is 30.6 Å². The lowest BCUT2D eigenvalue weighted by Crippen LogP contribution is -2.49. The molecule has 0 saturated heterocycles. The quantitative estimate of drug-likeness (QED) is 0.332. The van der Waals surface area contributed by atoms with Crippen LogP contribution in [0.1, 0.15) is 55.4 Å². The molecule has 174 valence electrons. The number of fused-ring (bicyclic) bond motifs is 3. The third-order valence-corrected chi connectivity index (χ3v) is 6.43. The summed E-state index contributed by atoms with van der Waals surface area (Å²) < 4.78 is 0. The predicted molar refractivity (Wildman–Crippen MR) is 118 cm³/mol. The molecule has 9 heteroatoms. The third kappa shape index (κ3) is 3.63. The number of nitrogens with one attached hydrogen (secondary N) is 1. The van der Waals surface area contributed by atoms with Crippen LogP contribution in [0.2, 0.25) is 0 Å². The van der Waals surface area contributed by atoms with Gasteiger partial charge in [-0.05, 0) is 14.1 Å². The summed E-state index contributed by atoms with van der Waals surface area (Å²) in [5, 5.41) is 46.0. The standard InChI is InChI=1S/C24H26N2O7/c1-26(2)8-7-25-15-10-24(33,16(28)11-27)9-14-17(15)23(32)19-18(22(14)31)20(29)12-5-3-4-6-13(12)21(19)30/h3-6,15,25,27,31-33H,7-11H2,1-2H3/t15-,24-/m0/s1. The Morgan fingerprint density at radius 3 is 2.21 bits per heavy atom. The second-order valence-electron chi connectivity index (χ2n) is 8.85. The van der Waals surface area contributed by atoms with Crippen LogP contribution in [0.4, 0.5) is 0 Å². The van der Waals surface area contributed by atoms with Crippen molar-refractivity contribution < 1.29 is 34.8 Å². The zero-order valence-corrected chi connectivity index (χ0v) is 18.4. The molecule has 0 bridgehead atoms. The van der Waals surface area contributed by atoms with Crippen molar-refractivity contribution in [2.75, 3.05) is 33.8 Å². The van der Waals surface area contributed by atoms with E-state index in [0.29, 0.717) is 13.1 Å². The molecule has 0 saturated carbocycles. The first kappa shape index (κ1) is 23.1. The third-order valence-electron chi connectivity index (χ3n) is 6.43. The highest BCUT2D eigenvalue weighted by atomic mass is 16.3. The summed E-state index contributed by atoms with van der Waals surface area (Å²) in [6.07, 6.45) is -0.597. The number of phenols is 2. The molecule has 0 amide bonds. The van der Waals surface area contributed by atoms with Crippen molar-refractivity contribution >= 4 is 17.3 Å². The van der Waals surface area contributed by atoms with Gasteiger partial charge in [0.05, 0.1) is 11.1 Å². The number of Topliss-reactive ketones (excluding diaryl/α,β-unsaturated/α-hetero) is 1. The topological polar surface area (TPSA) is 147 Å². The van der Waals surface area contributed by atoms with Crippen LogP contribution in [0, 0.1) is 0 Å². The number of hydrogen-bond donors (Lipinski definition) is 5. The molecule has 0 aromatic heterocycles. The molecular formula is C24H26N2O7. The molecule has 2 aromatic rings. The van der Waals surface area contributed by atoms with E-state index in [1.165, 1.54) is 12.1 Å². The van der Waals surface area contributed by atoms with Gasteiger partial charge in [0.15, 0.2) is 17.3 Å². The van der Waals surface area contributed by atoms with E-state index in [4.69, 9.17) is 0 Å². The summed E-state index contributed by atoms with van der Waals surface area (Å²) in [7, 11) is 3.73. The molecule has 0 fully saturated rings. The lowest BCUT2D eigenvalue weighted by molar-refractivity contribution is -0.142. The maximum absolute atomic E-state index is 13.2. The number of aliphatic hydroxyl groups excluding tert-OH is 1. The summed E-state index contributed by atoms with van der Waals surface area (Å²) in [6.45, 7) is 0.104. The van der Waals surface area contributed by atoms with Crippen molar-refractivity contribution in [1.29, 1.82) is 0 Å². The lowest BCUT2D eigenvalue weighted by Gasteiger charge is -2.39. The molecule has 4 rings (SSSR count). The predicted octanol–water partition coefficient (Wildman–Crippen LogP) is 0.304. The van der Waals surface area contributed by atoms with Gasteiger partial charge in [0.1, 0.15) is 23.7 Å². The molecule has 2 atom stereocenters. The second kappa shape index (κ2) is 8.35. The summed E-state index contributed by atoms with van der Waals surface area (Å²) in [4.78, 5) is 40.7. The number of likely N-dealkylation sites (N-methyl/N-ethyl adjacent to an activating group) is 1. The number of phenolic OH excluding ortho intramolecular Hbond substituents is 2. The normalized spacial score (nSPS) is 21.5. The first-order valence-electron chi connectivity index (χ1n) is 10.6. The second-order valence-corrected chi connectivity index (χ2v) is 8.85. The summed E-state index contributed by atoms with van der Waals surface area (Å²) in [6, 6.07) is 5.33. The number of rotatable bonds is 6. The van der Waals surface area contributed by atoms with Gasteiger partial charge in [-0.15, -0.1) is 0 Å². The highest BCUT2D eigenvalue weighted by Crippen LogP contribution is 2.50. The number of benzene rings is 2. The van der Waals surface area contributed by atoms with Crippen LogP contribution in [0.15, 0.2) is 24.3 Å². The molecule has 0 unspecified atom stereocenters. The van der Waals surface area contributed by atoms with Crippen molar-refractivity contribution in [3.8, 4) is 11.5 Å². The van der Waals surface area contributed by atoms with E-state index in [-0.39, 0.29) is 39.8 Å². The molecule has 0 aliphatic heterocycles. The number of aliphatic hydroxyl groups is 2. The van der Waals surface area contributed by atoms with Crippen LogP contribution in [-0.4, -0.2) is 82.1 Å². The largest absolute Gasteiger partial charge is 0.507 e. The zero-order valence-electron chi connectivity index (χ0n) is 18.4. The Balaban J connectivity index is 1.92. The average molecular weight is 454 g/mol. The van der Waals surface area contributed by atoms with Gasteiger partial charge in [0.2, 0.25) is 0 Å². The Morgan fingerprint density at radius 1 is 1.09 bits per heavy atom. The number of hydrogen-bond acceptors (Lipinski definition) is 9.